The van der Waals surface area contributed by atoms with Crippen molar-refractivity contribution in [2.45, 2.75) is 58.3 Å². The molecule has 0 spiro atoms. The van der Waals surface area contributed by atoms with E-state index in [0.29, 0.717) is 11.8 Å². The summed E-state index contributed by atoms with van der Waals surface area (Å²) in [5.41, 5.74) is 0. The predicted octanol–water partition coefficient (Wildman–Crippen LogP) is 2.36. The molecule has 0 radical (unpaired) electrons. The molecular weight excluding hydrogens is 314 g/mol. The van der Waals surface area contributed by atoms with Gasteiger partial charge in [0.05, 0.1) is 0 Å². The van der Waals surface area contributed by atoms with Gasteiger partial charge in [-0.2, -0.15) is 0 Å². The maximum atomic E-state index is 12.8. The van der Waals surface area contributed by atoms with Crippen LogP contribution in [0, 0.1) is 11.8 Å². The number of likely N-dealkylation sites (tertiary alicyclic amines) is 1. The fraction of sp³-hybridized carbons (Fsp3) is 0.900. The number of piperazine rings is 1. The van der Waals surface area contributed by atoms with Gasteiger partial charge in [0.1, 0.15) is 0 Å². The highest BCUT2D eigenvalue weighted by atomic mass is 16.2. The molecule has 0 aromatic rings. The van der Waals surface area contributed by atoms with Gasteiger partial charge in [-0.1, -0.05) is 19.8 Å². The number of carbonyl (C=O) groups excluding carboxylic acids is 2. The Kier molecular flexibility index (Phi) is 6.74. The van der Waals surface area contributed by atoms with Crippen LogP contribution in [0.1, 0.15) is 58.3 Å². The van der Waals surface area contributed by atoms with Crippen molar-refractivity contribution < 1.29 is 9.59 Å². The van der Waals surface area contributed by atoms with Gasteiger partial charge in [-0.05, 0) is 45.1 Å². The van der Waals surface area contributed by atoms with E-state index in [1.807, 2.05) is 0 Å². The predicted molar refractivity (Wildman–Crippen MR) is 99.2 cm³/mol. The molecule has 5 heteroatoms. The zero-order chi connectivity index (χ0) is 17.6. The number of hydrogen-bond acceptors (Lipinski definition) is 3. The molecule has 0 aromatic heterocycles. The Labute approximate surface area is 152 Å². The lowest BCUT2D eigenvalue weighted by molar-refractivity contribution is -0.142. The lowest BCUT2D eigenvalue weighted by atomic mass is 9.80. The van der Waals surface area contributed by atoms with Crippen LogP contribution in [0.2, 0.25) is 0 Å². The molecule has 3 aliphatic rings. The first-order valence-electron chi connectivity index (χ1n) is 10.5. The molecule has 2 amide bonds. The molecule has 3 rings (SSSR count). The van der Waals surface area contributed by atoms with E-state index in [1.54, 1.807) is 0 Å². The van der Waals surface area contributed by atoms with Gasteiger partial charge in [0.2, 0.25) is 11.8 Å². The number of amides is 2. The van der Waals surface area contributed by atoms with Crippen LogP contribution in [0.3, 0.4) is 0 Å². The summed E-state index contributed by atoms with van der Waals surface area (Å²) in [6, 6.07) is 0. The summed E-state index contributed by atoms with van der Waals surface area (Å²) in [6.07, 6.45) is 8.44. The molecule has 3 fully saturated rings. The minimum Gasteiger partial charge on any atom is -0.342 e. The topological polar surface area (TPSA) is 43.9 Å². The monoisotopic (exact) mass is 349 g/mol. The maximum Gasteiger partial charge on any atom is 0.225 e. The highest BCUT2D eigenvalue weighted by molar-refractivity contribution is 5.81. The zero-order valence-electron chi connectivity index (χ0n) is 15.9. The van der Waals surface area contributed by atoms with E-state index in [-0.39, 0.29) is 11.8 Å². The molecule has 0 bridgehead atoms. The number of rotatable bonds is 3. The molecule has 0 N–H and O–H groups in total. The molecule has 25 heavy (non-hydrogen) atoms. The SMILES string of the molecule is CCN1CCN(C(=O)C2CCC(C(=O)N3CCCCCC3)CC2)CC1. The third kappa shape index (κ3) is 4.75. The van der Waals surface area contributed by atoms with Crippen molar-refractivity contribution in [3.8, 4) is 0 Å². The second kappa shape index (κ2) is 9.02. The second-order valence-corrected chi connectivity index (χ2v) is 8.05. The average molecular weight is 350 g/mol. The quantitative estimate of drug-likeness (QED) is 0.786. The van der Waals surface area contributed by atoms with Gasteiger partial charge in [0.15, 0.2) is 0 Å². The fourth-order valence-electron chi connectivity index (χ4n) is 4.68. The Balaban J connectivity index is 1.45. The van der Waals surface area contributed by atoms with Crippen molar-refractivity contribution in [1.82, 2.24) is 14.7 Å². The van der Waals surface area contributed by atoms with Crippen LogP contribution in [0.15, 0.2) is 0 Å². The molecular formula is C20H35N3O2. The summed E-state index contributed by atoms with van der Waals surface area (Å²) in [7, 11) is 0. The maximum absolute atomic E-state index is 12.8. The highest BCUT2D eigenvalue weighted by Crippen LogP contribution is 2.32. The summed E-state index contributed by atoms with van der Waals surface area (Å²) >= 11 is 0. The normalized spacial score (nSPS) is 29.3. The van der Waals surface area contributed by atoms with Crippen molar-refractivity contribution in [1.29, 1.82) is 0 Å². The van der Waals surface area contributed by atoms with Gasteiger partial charge in [0, 0.05) is 51.1 Å². The first-order valence-corrected chi connectivity index (χ1v) is 10.5. The van der Waals surface area contributed by atoms with E-state index >= 15 is 0 Å². The summed E-state index contributed by atoms with van der Waals surface area (Å²) in [6.45, 7) is 8.90. The molecule has 1 saturated carbocycles. The Bertz CT molecular complexity index is 444. The van der Waals surface area contributed by atoms with Crippen molar-refractivity contribution >= 4 is 11.8 Å². The number of carbonyl (C=O) groups is 2. The molecule has 0 unspecified atom stereocenters. The van der Waals surface area contributed by atoms with Crippen LogP contribution in [-0.4, -0.2) is 72.3 Å². The van der Waals surface area contributed by atoms with Crippen molar-refractivity contribution in [2.75, 3.05) is 45.8 Å². The summed E-state index contributed by atoms with van der Waals surface area (Å²) in [5, 5.41) is 0. The Morgan fingerprint density at radius 3 is 1.56 bits per heavy atom. The molecule has 5 nitrogen and oxygen atoms in total. The van der Waals surface area contributed by atoms with E-state index in [1.165, 1.54) is 12.8 Å². The Morgan fingerprint density at radius 2 is 1.12 bits per heavy atom. The van der Waals surface area contributed by atoms with Crippen LogP contribution < -0.4 is 0 Å². The standard InChI is InChI=1S/C20H35N3O2/c1-2-21-13-15-23(16-14-21)20(25)18-9-7-17(8-10-18)19(24)22-11-5-3-4-6-12-22/h17-18H,2-16H2,1H3. The summed E-state index contributed by atoms with van der Waals surface area (Å²) in [4.78, 5) is 32.1. The molecule has 2 heterocycles. The van der Waals surface area contributed by atoms with Crippen LogP contribution in [-0.2, 0) is 9.59 Å². The van der Waals surface area contributed by atoms with E-state index in [4.69, 9.17) is 0 Å². The third-order valence-corrected chi connectivity index (χ3v) is 6.47. The lowest BCUT2D eigenvalue weighted by Crippen LogP contribution is -2.50. The van der Waals surface area contributed by atoms with Crippen molar-refractivity contribution in [3.63, 3.8) is 0 Å². The van der Waals surface area contributed by atoms with Gasteiger partial charge >= 0.3 is 0 Å². The van der Waals surface area contributed by atoms with Crippen LogP contribution in [0.4, 0.5) is 0 Å². The molecule has 1 aliphatic carbocycles. The first kappa shape index (κ1) is 18.7. The Morgan fingerprint density at radius 1 is 0.680 bits per heavy atom. The lowest BCUT2D eigenvalue weighted by Gasteiger charge is -2.38. The number of likely N-dealkylation sites (N-methyl/N-ethyl adjacent to an activating group) is 1. The smallest absolute Gasteiger partial charge is 0.225 e. The van der Waals surface area contributed by atoms with Crippen LogP contribution in [0.25, 0.3) is 0 Å². The van der Waals surface area contributed by atoms with E-state index < -0.39 is 0 Å². The summed E-state index contributed by atoms with van der Waals surface area (Å²) < 4.78 is 0. The van der Waals surface area contributed by atoms with E-state index in [9.17, 15) is 9.59 Å². The molecule has 2 aliphatic heterocycles. The fourth-order valence-corrected chi connectivity index (χ4v) is 4.68. The zero-order valence-corrected chi connectivity index (χ0v) is 15.9. The average Bonchev–Trinajstić information content (AvgIpc) is 2.96. The van der Waals surface area contributed by atoms with Gasteiger partial charge in [-0.3, -0.25) is 9.59 Å². The van der Waals surface area contributed by atoms with E-state index in [2.05, 4.69) is 21.6 Å². The molecule has 0 aromatic carbocycles. The van der Waals surface area contributed by atoms with Crippen LogP contribution in [0.5, 0.6) is 0 Å². The largest absolute Gasteiger partial charge is 0.342 e. The third-order valence-electron chi connectivity index (χ3n) is 6.47. The van der Waals surface area contributed by atoms with Gasteiger partial charge in [-0.15, -0.1) is 0 Å². The number of hydrogen-bond donors (Lipinski definition) is 0. The molecule has 2 saturated heterocycles. The molecule has 0 atom stereocenters. The minimum atomic E-state index is 0.154. The van der Waals surface area contributed by atoms with E-state index in [0.717, 1.165) is 84.3 Å². The Hall–Kier alpha value is -1.10. The highest BCUT2D eigenvalue weighted by Gasteiger charge is 2.34. The van der Waals surface area contributed by atoms with Gasteiger partial charge in [-0.25, -0.2) is 0 Å². The van der Waals surface area contributed by atoms with Crippen molar-refractivity contribution in [3.05, 3.63) is 0 Å². The van der Waals surface area contributed by atoms with Crippen LogP contribution >= 0.6 is 0 Å². The first-order chi connectivity index (χ1) is 12.2. The number of nitrogens with zero attached hydrogens (tertiary/aromatic N) is 3. The van der Waals surface area contributed by atoms with Crippen molar-refractivity contribution in [2.24, 2.45) is 11.8 Å². The molecule has 142 valence electrons. The second-order valence-electron chi connectivity index (χ2n) is 8.05. The van der Waals surface area contributed by atoms with Gasteiger partial charge < -0.3 is 14.7 Å². The minimum absolute atomic E-state index is 0.154. The summed E-state index contributed by atoms with van der Waals surface area (Å²) in [5.74, 6) is 1.03. The van der Waals surface area contributed by atoms with Gasteiger partial charge in [0.25, 0.3) is 0 Å².